The smallest absolute Gasteiger partial charge is 0.169 e. The van der Waals surface area contributed by atoms with E-state index >= 15 is 0 Å². The number of nitriles is 1. The Kier molecular flexibility index (Phi) is 9.65. The molecule has 0 amide bonds. The second-order valence-electron chi connectivity index (χ2n) is 11.5. The van der Waals surface area contributed by atoms with Gasteiger partial charge in [-0.2, -0.15) is 10.4 Å². The maximum absolute atomic E-state index is 10.7. The average Bonchev–Trinajstić information content (AvgIpc) is 3.79. The Morgan fingerprint density at radius 3 is 2.16 bits per heavy atom. The molecule has 7 rings (SSSR count). The molecular weight excluding hydrogens is 738 g/mol. The second kappa shape index (κ2) is 14.6. The zero-order valence-corrected chi connectivity index (χ0v) is 30.2. The van der Waals surface area contributed by atoms with Crippen molar-refractivity contribution in [3.63, 3.8) is 0 Å². The Morgan fingerprint density at radius 1 is 0.878 bits per heavy atom. The molecule has 0 aliphatic carbocycles. The topological polar surface area (TPSA) is 81.0 Å². The predicted molar refractivity (Wildman–Crippen MR) is 208 cm³/mol. The number of benzene rings is 4. The number of hydrogen-bond acceptors (Lipinski definition) is 5. The summed E-state index contributed by atoms with van der Waals surface area (Å²) in [7, 11) is 0. The highest BCUT2D eigenvalue weighted by molar-refractivity contribution is 14.2. The Labute approximate surface area is 300 Å². The van der Waals surface area contributed by atoms with Crippen molar-refractivity contribution in [2.45, 2.75) is 27.0 Å². The van der Waals surface area contributed by atoms with Gasteiger partial charge >= 0.3 is 0 Å². The van der Waals surface area contributed by atoms with E-state index in [0.717, 1.165) is 67.0 Å². The first-order valence-electron chi connectivity index (χ1n) is 15.9. The molecule has 0 N–H and O–H groups in total. The van der Waals surface area contributed by atoms with Gasteiger partial charge in [0, 0.05) is 52.1 Å². The molecule has 0 bridgehead atoms. The average molecular weight is 771 g/mol. The normalized spacial score (nSPS) is 11.2. The predicted octanol–water partition coefficient (Wildman–Crippen LogP) is 10.3. The number of hydrogen-bond donors (Lipinski definition) is 0. The lowest BCUT2D eigenvalue weighted by Crippen LogP contribution is -2.05. The van der Waals surface area contributed by atoms with E-state index in [1.807, 2.05) is 102 Å². The van der Waals surface area contributed by atoms with E-state index in [2.05, 4.69) is 82.2 Å². The summed E-state index contributed by atoms with van der Waals surface area (Å²) in [6.07, 6.45) is 6.55. The summed E-state index contributed by atoms with van der Waals surface area (Å²) in [5, 5.41) is 16.3. The van der Waals surface area contributed by atoms with Crippen LogP contribution in [0.15, 0.2) is 133 Å². The van der Waals surface area contributed by atoms with Gasteiger partial charge in [0.25, 0.3) is 0 Å². The summed E-state index contributed by atoms with van der Waals surface area (Å²) in [5.41, 5.74) is 9.88. The van der Waals surface area contributed by atoms with Crippen molar-refractivity contribution < 1.29 is 4.74 Å². The van der Waals surface area contributed by atoms with E-state index in [4.69, 9.17) is 14.7 Å². The lowest BCUT2D eigenvalue weighted by Gasteiger charge is -2.18. The molecule has 0 radical (unpaired) electrons. The molecule has 0 saturated heterocycles. The molecule has 7 nitrogen and oxygen atoms in total. The maximum Gasteiger partial charge on any atom is 0.169 e. The van der Waals surface area contributed by atoms with Crippen molar-refractivity contribution in [3.05, 3.63) is 156 Å². The minimum atomic E-state index is 0.255. The van der Waals surface area contributed by atoms with Crippen LogP contribution in [0.1, 0.15) is 34.9 Å². The molecule has 3 heterocycles. The SMILES string of the molecule is CCn1cc(-c2cnn(PI)c2)c2c(-c3cccc(OCc4ccccc4)c3C)c(N=C(c3ccccc3)c3ccccc3)c(C#N)nc21. The molecule has 0 fully saturated rings. The van der Waals surface area contributed by atoms with Gasteiger partial charge in [-0.3, -0.25) is 0 Å². The first kappa shape index (κ1) is 32.4. The number of rotatable bonds is 10. The Bertz CT molecular complexity index is 2290. The quantitative estimate of drug-likeness (QED) is 0.0788. The van der Waals surface area contributed by atoms with Gasteiger partial charge in [0.1, 0.15) is 29.8 Å². The summed E-state index contributed by atoms with van der Waals surface area (Å²) in [6, 6.07) is 38.9. The number of halogens is 1. The first-order valence-corrected chi connectivity index (χ1v) is 20.0. The Morgan fingerprint density at radius 2 is 1.55 bits per heavy atom. The van der Waals surface area contributed by atoms with Crippen LogP contribution in [0.5, 0.6) is 5.75 Å². The van der Waals surface area contributed by atoms with Crippen LogP contribution >= 0.6 is 28.4 Å². The summed E-state index contributed by atoms with van der Waals surface area (Å²) < 4.78 is 10.5. The standard InChI is InChI=1S/C40H32IN6OP/c1-3-46-25-33(31-23-43-47(24-31)49-41)37-36(32-20-13-21-35(27(32)2)48-26-28-14-7-4-8-15-28)39(34(22-42)44-40(37)46)45-38(29-16-9-5-10-17-29)30-18-11-6-12-19-30/h4-21,23-25,49H,3,26H2,1-2H3. The van der Waals surface area contributed by atoms with E-state index in [0.29, 0.717) is 25.2 Å². The Balaban J connectivity index is 1.56. The number of aromatic nitrogens is 4. The molecule has 4 aromatic carbocycles. The molecule has 9 heteroatoms. The van der Waals surface area contributed by atoms with Crippen molar-refractivity contribution in [2.75, 3.05) is 0 Å². The van der Waals surface area contributed by atoms with Crippen LogP contribution < -0.4 is 4.74 Å². The van der Waals surface area contributed by atoms with Crippen LogP contribution in [0.4, 0.5) is 5.69 Å². The van der Waals surface area contributed by atoms with Crippen LogP contribution in [0, 0.1) is 18.3 Å². The first-order chi connectivity index (χ1) is 24.1. The summed E-state index contributed by atoms with van der Waals surface area (Å²) >= 11 is 2.33. The van der Waals surface area contributed by atoms with E-state index in [-0.39, 0.29) is 5.69 Å². The van der Waals surface area contributed by atoms with Gasteiger partial charge < -0.3 is 9.30 Å². The molecular formula is C40H32IN6OP. The Hall–Kier alpha value is -5.10. The molecule has 0 saturated carbocycles. The third-order valence-corrected chi connectivity index (χ3v) is 10.4. The minimum absolute atomic E-state index is 0.255. The highest BCUT2D eigenvalue weighted by Crippen LogP contribution is 2.47. The van der Waals surface area contributed by atoms with Crippen molar-refractivity contribution >= 4 is 50.8 Å². The fourth-order valence-electron chi connectivity index (χ4n) is 6.10. The van der Waals surface area contributed by atoms with E-state index in [9.17, 15) is 5.26 Å². The van der Waals surface area contributed by atoms with Gasteiger partial charge in [-0.15, -0.1) is 0 Å². The number of aliphatic imine (C=N–C) groups is 1. The number of fused-ring (bicyclic) bond motifs is 1. The maximum atomic E-state index is 10.7. The van der Waals surface area contributed by atoms with Gasteiger partial charge in [0.15, 0.2) is 5.69 Å². The van der Waals surface area contributed by atoms with Crippen LogP contribution in [0.3, 0.4) is 0 Å². The molecule has 240 valence electrons. The summed E-state index contributed by atoms with van der Waals surface area (Å²) in [4.78, 5) is 10.4. The molecule has 1 atom stereocenters. The lowest BCUT2D eigenvalue weighted by molar-refractivity contribution is 0.304. The second-order valence-corrected chi connectivity index (χ2v) is 13.6. The lowest BCUT2D eigenvalue weighted by atomic mass is 9.92. The van der Waals surface area contributed by atoms with Gasteiger partial charge in [0.2, 0.25) is 0 Å². The zero-order chi connectivity index (χ0) is 33.7. The fraction of sp³-hybridized carbons (Fsp3) is 0.100. The van der Waals surface area contributed by atoms with Gasteiger partial charge in [-0.05, 0) is 58.6 Å². The third kappa shape index (κ3) is 6.52. The number of ether oxygens (including phenoxy) is 1. The highest BCUT2D eigenvalue weighted by Gasteiger charge is 2.26. The van der Waals surface area contributed by atoms with Crippen molar-refractivity contribution in [1.82, 2.24) is 19.1 Å². The molecule has 1 unspecified atom stereocenters. The summed E-state index contributed by atoms with van der Waals surface area (Å²) in [5.74, 6) is 0.765. The fourth-order valence-corrected chi connectivity index (χ4v) is 7.18. The van der Waals surface area contributed by atoms with E-state index < -0.39 is 0 Å². The van der Waals surface area contributed by atoms with Gasteiger partial charge in [-0.25, -0.2) is 14.4 Å². The van der Waals surface area contributed by atoms with Crippen LogP contribution in [-0.2, 0) is 13.2 Å². The highest BCUT2D eigenvalue weighted by atomic mass is 127. The van der Waals surface area contributed by atoms with Crippen LogP contribution in [0.2, 0.25) is 0 Å². The monoisotopic (exact) mass is 770 g/mol. The third-order valence-electron chi connectivity index (χ3n) is 8.51. The zero-order valence-electron chi connectivity index (χ0n) is 27.0. The number of nitrogens with zero attached hydrogens (tertiary/aromatic N) is 6. The minimum Gasteiger partial charge on any atom is -0.489 e. The molecule has 0 aliphatic rings. The van der Waals surface area contributed by atoms with Crippen LogP contribution in [0.25, 0.3) is 33.3 Å². The summed E-state index contributed by atoms with van der Waals surface area (Å²) in [6.45, 7) is 5.27. The molecule has 0 aliphatic heterocycles. The molecule has 3 aromatic heterocycles. The van der Waals surface area contributed by atoms with Gasteiger partial charge in [-0.1, -0.05) is 103 Å². The molecule has 7 aromatic rings. The van der Waals surface area contributed by atoms with Crippen molar-refractivity contribution in [3.8, 4) is 34.1 Å². The van der Waals surface area contributed by atoms with Crippen molar-refractivity contribution in [2.24, 2.45) is 4.99 Å². The van der Waals surface area contributed by atoms with Crippen molar-refractivity contribution in [1.29, 1.82) is 5.26 Å². The number of pyridine rings is 1. The van der Waals surface area contributed by atoms with E-state index in [1.165, 1.54) is 0 Å². The molecule has 0 spiro atoms. The molecule has 49 heavy (non-hydrogen) atoms. The van der Waals surface area contributed by atoms with Gasteiger partial charge in [0.05, 0.1) is 18.3 Å². The number of aryl methyl sites for hydroxylation is 1. The van der Waals surface area contributed by atoms with Crippen LogP contribution in [-0.4, -0.2) is 24.8 Å². The van der Waals surface area contributed by atoms with E-state index in [1.54, 1.807) is 0 Å². The largest absolute Gasteiger partial charge is 0.489 e.